The minimum Gasteiger partial charge on any atom is -0.481 e. The van der Waals surface area contributed by atoms with Crippen molar-refractivity contribution < 1.29 is 17.9 Å². The number of rotatable bonds is 6. The van der Waals surface area contributed by atoms with Crippen LogP contribution in [0.3, 0.4) is 0 Å². The Morgan fingerprint density at radius 2 is 1.75 bits per heavy atom. The van der Waals surface area contributed by atoms with E-state index in [2.05, 4.69) is 4.72 Å². The molecule has 1 N–H and O–H groups in total. The number of hydrogen-bond donors (Lipinski definition) is 1. The Kier molecular flexibility index (Phi) is 5.74. The average molecular weight is 388 g/mol. The Hall–Kier alpha value is -1.76. The van der Waals surface area contributed by atoms with Crippen LogP contribution in [0.25, 0.3) is 0 Å². The third kappa shape index (κ3) is 5.12. The molecule has 5 nitrogen and oxygen atoms in total. The lowest BCUT2D eigenvalue weighted by Gasteiger charge is -2.15. The quantitative estimate of drug-likeness (QED) is 0.759. The smallest absolute Gasteiger partial charge is 0.229 e. The molecule has 8 heteroatoms. The number of ether oxygens (including phenoxy) is 1. The normalized spacial score (nSPS) is 12.5. The predicted molar refractivity (Wildman–Crippen MR) is 95.8 cm³/mol. The minimum absolute atomic E-state index is 0.257. The number of sulfonamides is 1. The van der Waals surface area contributed by atoms with Crippen molar-refractivity contribution in [1.82, 2.24) is 0 Å². The van der Waals surface area contributed by atoms with Crippen molar-refractivity contribution in [2.24, 2.45) is 0 Å². The summed E-state index contributed by atoms with van der Waals surface area (Å²) in [6, 6.07) is 10.8. The van der Waals surface area contributed by atoms with Gasteiger partial charge < -0.3 is 4.74 Å². The molecule has 128 valence electrons. The van der Waals surface area contributed by atoms with Crippen molar-refractivity contribution in [3.63, 3.8) is 0 Å². The highest BCUT2D eigenvalue weighted by atomic mass is 35.5. The molecule has 0 saturated heterocycles. The van der Waals surface area contributed by atoms with E-state index in [1.807, 2.05) is 0 Å². The molecule has 0 unspecified atom stereocenters. The minimum atomic E-state index is -3.36. The monoisotopic (exact) mass is 387 g/mol. The molecule has 0 saturated carbocycles. The fourth-order valence-corrected chi connectivity index (χ4v) is 2.98. The standard InChI is InChI=1S/C16H15Cl2NO4S/c1-10(23-15-8-5-12(17)9-14(15)18)16(20)11-3-6-13(7-4-11)19-24(2,21)22/h3-10,19H,1-2H3/t10-/m0/s1. The number of anilines is 1. The molecule has 0 heterocycles. The van der Waals surface area contributed by atoms with E-state index in [1.54, 1.807) is 19.1 Å². The molecule has 0 spiro atoms. The van der Waals surface area contributed by atoms with Crippen LogP contribution < -0.4 is 9.46 Å². The van der Waals surface area contributed by atoms with Gasteiger partial charge in [0.05, 0.1) is 11.3 Å². The van der Waals surface area contributed by atoms with Crippen LogP contribution in [-0.2, 0) is 10.0 Å². The third-order valence-corrected chi connectivity index (χ3v) is 4.18. The molecular formula is C16H15Cl2NO4S. The molecule has 2 aromatic rings. The summed E-state index contributed by atoms with van der Waals surface area (Å²) in [4.78, 5) is 12.4. The maximum absolute atomic E-state index is 12.4. The van der Waals surface area contributed by atoms with Crippen LogP contribution in [0.1, 0.15) is 17.3 Å². The van der Waals surface area contributed by atoms with Crippen LogP contribution in [0, 0.1) is 0 Å². The average Bonchev–Trinajstić information content (AvgIpc) is 2.48. The first kappa shape index (κ1) is 18.6. The molecule has 0 aromatic heterocycles. The third-order valence-electron chi connectivity index (χ3n) is 3.04. The van der Waals surface area contributed by atoms with Crippen LogP contribution in [0.4, 0.5) is 5.69 Å². The first-order chi connectivity index (χ1) is 11.2. The number of hydrogen-bond acceptors (Lipinski definition) is 4. The first-order valence-corrected chi connectivity index (χ1v) is 9.54. The highest BCUT2D eigenvalue weighted by molar-refractivity contribution is 7.92. The van der Waals surface area contributed by atoms with E-state index in [4.69, 9.17) is 27.9 Å². The molecule has 0 amide bonds. The summed E-state index contributed by atoms with van der Waals surface area (Å²) in [7, 11) is -3.36. The van der Waals surface area contributed by atoms with Crippen LogP contribution in [0.2, 0.25) is 10.0 Å². The second-order valence-electron chi connectivity index (χ2n) is 5.15. The van der Waals surface area contributed by atoms with E-state index in [1.165, 1.54) is 30.3 Å². The van der Waals surface area contributed by atoms with Gasteiger partial charge in [0.25, 0.3) is 0 Å². The van der Waals surface area contributed by atoms with Gasteiger partial charge in [-0.3, -0.25) is 9.52 Å². The number of halogens is 2. The summed E-state index contributed by atoms with van der Waals surface area (Å²) in [5.74, 6) is 0.101. The number of benzene rings is 2. The number of Topliss-reactive ketones (excluding diaryl/α,β-unsaturated/α-hetero) is 1. The summed E-state index contributed by atoms with van der Waals surface area (Å²) < 4.78 is 30.2. The zero-order chi connectivity index (χ0) is 17.9. The Balaban J connectivity index is 2.10. The fourth-order valence-electron chi connectivity index (χ4n) is 1.97. The molecule has 0 radical (unpaired) electrons. The van der Waals surface area contributed by atoms with Gasteiger partial charge in [0.15, 0.2) is 6.10 Å². The number of carbonyl (C=O) groups is 1. The molecule has 24 heavy (non-hydrogen) atoms. The zero-order valence-electron chi connectivity index (χ0n) is 12.9. The summed E-state index contributed by atoms with van der Waals surface area (Å²) in [5.41, 5.74) is 0.773. The number of ketones is 1. The molecular weight excluding hydrogens is 373 g/mol. The van der Waals surface area contributed by atoms with E-state index in [0.29, 0.717) is 27.0 Å². The Bertz CT molecular complexity index is 851. The van der Waals surface area contributed by atoms with Crippen molar-refractivity contribution in [2.45, 2.75) is 13.0 Å². The molecule has 1 atom stereocenters. The van der Waals surface area contributed by atoms with Crippen molar-refractivity contribution >= 4 is 44.7 Å². The predicted octanol–water partition coefficient (Wildman–Crippen LogP) is 4.02. The Labute approximate surface area is 150 Å². The van der Waals surface area contributed by atoms with Gasteiger partial charge in [0.1, 0.15) is 5.75 Å². The highest BCUT2D eigenvalue weighted by Crippen LogP contribution is 2.28. The van der Waals surface area contributed by atoms with E-state index < -0.39 is 16.1 Å². The topological polar surface area (TPSA) is 72.5 Å². The van der Waals surface area contributed by atoms with Crippen LogP contribution in [0.5, 0.6) is 5.75 Å². The Morgan fingerprint density at radius 1 is 1.12 bits per heavy atom. The molecule has 0 aliphatic rings. The van der Waals surface area contributed by atoms with Crippen LogP contribution in [-0.4, -0.2) is 26.6 Å². The van der Waals surface area contributed by atoms with Gasteiger partial charge in [-0.1, -0.05) is 23.2 Å². The summed E-state index contributed by atoms with van der Waals surface area (Å²) >= 11 is 11.8. The molecule has 0 aliphatic heterocycles. The highest BCUT2D eigenvalue weighted by Gasteiger charge is 2.18. The molecule has 2 aromatic carbocycles. The van der Waals surface area contributed by atoms with Crippen molar-refractivity contribution in [1.29, 1.82) is 0 Å². The maximum Gasteiger partial charge on any atom is 0.229 e. The lowest BCUT2D eigenvalue weighted by Crippen LogP contribution is -2.24. The van der Waals surface area contributed by atoms with Gasteiger partial charge in [-0.2, -0.15) is 0 Å². The Morgan fingerprint density at radius 3 is 2.29 bits per heavy atom. The second-order valence-corrected chi connectivity index (χ2v) is 7.74. The maximum atomic E-state index is 12.4. The zero-order valence-corrected chi connectivity index (χ0v) is 15.2. The number of nitrogens with one attached hydrogen (secondary N) is 1. The first-order valence-electron chi connectivity index (χ1n) is 6.89. The molecule has 2 rings (SSSR count). The van der Waals surface area contributed by atoms with Crippen LogP contribution >= 0.6 is 23.2 Å². The molecule has 0 fully saturated rings. The summed E-state index contributed by atoms with van der Waals surface area (Å²) in [6.07, 6.45) is 0.287. The van der Waals surface area contributed by atoms with Gasteiger partial charge in [-0.25, -0.2) is 8.42 Å². The summed E-state index contributed by atoms with van der Waals surface area (Å²) in [5, 5.41) is 0.787. The van der Waals surface area contributed by atoms with Crippen molar-refractivity contribution in [3.05, 3.63) is 58.1 Å². The van der Waals surface area contributed by atoms with E-state index >= 15 is 0 Å². The lowest BCUT2D eigenvalue weighted by molar-refractivity contribution is 0.0818. The van der Waals surface area contributed by atoms with E-state index in [0.717, 1.165) is 6.26 Å². The number of carbonyl (C=O) groups excluding carboxylic acids is 1. The van der Waals surface area contributed by atoms with Crippen molar-refractivity contribution in [2.75, 3.05) is 11.0 Å². The summed E-state index contributed by atoms with van der Waals surface area (Å²) in [6.45, 7) is 1.61. The molecule has 0 aliphatic carbocycles. The molecule has 0 bridgehead atoms. The fraction of sp³-hybridized carbons (Fsp3) is 0.188. The second kappa shape index (κ2) is 7.42. The van der Waals surface area contributed by atoms with Crippen LogP contribution in [0.15, 0.2) is 42.5 Å². The van der Waals surface area contributed by atoms with Gasteiger partial charge in [-0.05, 0) is 49.4 Å². The van der Waals surface area contributed by atoms with Gasteiger partial charge in [0.2, 0.25) is 15.8 Å². The SMILES string of the molecule is C[C@H](Oc1ccc(Cl)cc1Cl)C(=O)c1ccc(NS(C)(=O)=O)cc1. The van der Waals surface area contributed by atoms with Gasteiger partial charge in [-0.15, -0.1) is 0 Å². The van der Waals surface area contributed by atoms with E-state index in [-0.39, 0.29) is 5.78 Å². The van der Waals surface area contributed by atoms with Crippen molar-refractivity contribution in [3.8, 4) is 5.75 Å². The lowest BCUT2D eigenvalue weighted by atomic mass is 10.1. The van der Waals surface area contributed by atoms with Gasteiger partial charge >= 0.3 is 0 Å². The largest absolute Gasteiger partial charge is 0.481 e. The van der Waals surface area contributed by atoms with E-state index in [9.17, 15) is 13.2 Å². The van der Waals surface area contributed by atoms with Gasteiger partial charge in [0, 0.05) is 16.3 Å².